The van der Waals surface area contributed by atoms with Crippen LogP contribution < -0.4 is 0 Å². The third-order valence-electron chi connectivity index (χ3n) is 0.790. The molecule has 0 fully saturated rings. The molecule has 0 aliphatic heterocycles. The normalized spacial score (nSPS) is 13.9. The van der Waals surface area contributed by atoms with Gasteiger partial charge in [0.1, 0.15) is 0 Å². The molecule has 0 radical (unpaired) electrons. The maximum Gasteiger partial charge on any atom is 0.0588 e. The molecule has 0 saturated carbocycles. The lowest BCUT2D eigenvalue weighted by molar-refractivity contribution is 0.187. The van der Waals surface area contributed by atoms with Gasteiger partial charge < -0.3 is 9.84 Å². The first kappa shape index (κ1) is 8.40. The van der Waals surface area contributed by atoms with E-state index in [1.165, 1.54) is 0 Å². The molecule has 1 unspecified atom stereocenters. The lowest BCUT2D eigenvalue weighted by Crippen LogP contribution is -2.07. The molecule has 0 saturated heterocycles. The predicted molar refractivity (Wildman–Crippen MR) is 36.3 cm³/mol. The minimum atomic E-state index is 0.222. The van der Waals surface area contributed by atoms with Crippen molar-refractivity contribution in [1.29, 1.82) is 0 Å². The smallest absolute Gasteiger partial charge is 0.0588 e. The zero-order valence-corrected chi connectivity index (χ0v) is 6.52. The van der Waals surface area contributed by atoms with Crippen LogP contribution >= 0.6 is 15.9 Å². The van der Waals surface area contributed by atoms with E-state index in [-0.39, 0.29) is 6.61 Å². The first-order valence-electron chi connectivity index (χ1n) is 2.55. The Morgan fingerprint density at radius 2 is 2.38 bits per heavy atom. The van der Waals surface area contributed by atoms with Crippen LogP contribution in [0.1, 0.15) is 6.42 Å². The molecule has 0 bridgehead atoms. The van der Waals surface area contributed by atoms with Crippen molar-refractivity contribution in [1.82, 2.24) is 0 Å². The van der Waals surface area contributed by atoms with Crippen LogP contribution in [-0.2, 0) is 4.74 Å². The van der Waals surface area contributed by atoms with E-state index in [0.717, 1.165) is 6.42 Å². The summed E-state index contributed by atoms with van der Waals surface area (Å²) in [5, 5.41) is 8.38. The molecular weight excluding hydrogens is 172 g/mol. The minimum absolute atomic E-state index is 0.222. The Balaban J connectivity index is 2.92. The summed E-state index contributed by atoms with van der Waals surface area (Å²) in [6.07, 6.45) is 0.758. The maximum absolute atomic E-state index is 8.38. The molecule has 0 aromatic carbocycles. The lowest BCUT2D eigenvalue weighted by atomic mass is 10.3. The molecule has 3 heteroatoms. The van der Waals surface area contributed by atoms with E-state index in [1.54, 1.807) is 7.11 Å². The van der Waals surface area contributed by atoms with Crippen molar-refractivity contribution in [2.45, 2.75) is 11.2 Å². The number of alkyl halides is 1. The second-order valence-corrected chi connectivity index (χ2v) is 2.86. The van der Waals surface area contributed by atoms with Crippen molar-refractivity contribution >= 4 is 15.9 Å². The summed E-state index contributed by atoms with van der Waals surface area (Å²) in [6.45, 7) is 0.889. The molecule has 1 N–H and O–H groups in total. The summed E-state index contributed by atoms with van der Waals surface area (Å²) in [5.74, 6) is 0. The number of halogens is 1. The van der Waals surface area contributed by atoms with Crippen molar-refractivity contribution in [3.8, 4) is 0 Å². The molecular formula is C5H11BrO2. The fraction of sp³-hybridized carbons (Fsp3) is 1.00. The predicted octanol–water partition coefficient (Wildman–Crippen LogP) is 0.779. The van der Waals surface area contributed by atoms with Crippen LogP contribution in [0, 0.1) is 0 Å². The van der Waals surface area contributed by atoms with Crippen LogP contribution in [0.4, 0.5) is 0 Å². The van der Waals surface area contributed by atoms with E-state index in [9.17, 15) is 0 Å². The van der Waals surface area contributed by atoms with Gasteiger partial charge in [0.15, 0.2) is 0 Å². The number of hydrogen-bond acceptors (Lipinski definition) is 2. The van der Waals surface area contributed by atoms with Gasteiger partial charge in [0, 0.05) is 18.5 Å². The summed E-state index contributed by atoms with van der Waals surface area (Å²) in [6, 6.07) is 0. The minimum Gasteiger partial charge on any atom is -0.396 e. The summed E-state index contributed by atoms with van der Waals surface area (Å²) >= 11 is 3.31. The second-order valence-electron chi connectivity index (χ2n) is 1.56. The molecule has 0 heterocycles. The zero-order chi connectivity index (χ0) is 6.41. The third kappa shape index (κ3) is 4.56. The molecule has 0 aliphatic carbocycles. The average molecular weight is 183 g/mol. The Bertz CT molecular complexity index is 43.7. The monoisotopic (exact) mass is 182 g/mol. The van der Waals surface area contributed by atoms with Gasteiger partial charge >= 0.3 is 0 Å². The number of rotatable bonds is 4. The topological polar surface area (TPSA) is 29.5 Å². The van der Waals surface area contributed by atoms with E-state index in [4.69, 9.17) is 9.84 Å². The first-order chi connectivity index (χ1) is 3.81. The Morgan fingerprint density at radius 1 is 1.75 bits per heavy atom. The maximum atomic E-state index is 8.38. The van der Waals surface area contributed by atoms with Crippen molar-refractivity contribution in [2.75, 3.05) is 20.3 Å². The molecule has 0 spiro atoms. The summed E-state index contributed by atoms with van der Waals surface area (Å²) < 4.78 is 4.80. The van der Waals surface area contributed by atoms with Crippen molar-refractivity contribution in [3.05, 3.63) is 0 Å². The number of aliphatic hydroxyl groups excluding tert-OH is 1. The van der Waals surface area contributed by atoms with Crippen LogP contribution in [-0.4, -0.2) is 30.3 Å². The zero-order valence-electron chi connectivity index (χ0n) is 4.93. The highest BCUT2D eigenvalue weighted by Gasteiger charge is 1.99. The highest BCUT2D eigenvalue weighted by molar-refractivity contribution is 9.09. The van der Waals surface area contributed by atoms with Gasteiger partial charge in [-0.15, -0.1) is 0 Å². The number of methoxy groups -OCH3 is 1. The number of aliphatic hydroxyl groups is 1. The molecule has 0 amide bonds. The SMILES string of the molecule is COCC(Br)CCO. The fourth-order valence-electron chi connectivity index (χ4n) is 0.404. The molecule has 0 aromatic heterocycles. The largest absolute Gasteiger partial charge is 0.396 e. The number of hydrogen-bond donors (Lipinski definition) is 1. The molecule has 0 aliphatic rings. The Kier molecular flexibility index (Phi) is 5.81. The van der Waals surface area contributed by atoms with Gasteiger partial charge in [-0.1, -0.05) is 15.9 Å². The van der Waals surface area contributed by atoms with E-state index >= 15 is 0 Å². The van der Waals surface area contributed by atoms with Crippen LogP contribution in [0.15, 0.2) is 0 Å². The van der Waals surface area contributed by atoms with Gasteiger partial charge in [-0.3, -0.25) is 0 Å². The molecule has 8 heavy (non-hydrogen) atoms. The lowest BCUT2D eigenvalue weighted by Gasteiger charge is -2.03. The van der Waals surface area contributed by atoms with Crippen LogP contribution in [0.5, 0.6) is 0 Å². The van der Waals surface area contributed by atoms with Crippen LogP contribution in [0.3, 0.4) is 0 Å². The van der Waals surface area contributed by atoms with Crippen molar-refractivity contribution in [2.24, 2.45) is 0 Å². The van der Waals surface area contributed by atoms with Gasteiger partial charge in [0.25, 0.3) is 0 Å². The Morgan fingerprint density at radius 3 is 2.75 bits per heavy atom. The quantitative estimate of drug-likeness (QED) is 0.652. The average Bonchev–Trinajstić information content (AvgIpc) is 1.68. The highest BCUT2D eigenvalue weighted by Crippen LogP contribution is 2.03. The summed E-state index contributed by atoms with van der Waals surface area (Å²) in [5.41, 5.74) is 0. The fourth-order valence-corrected chi connectivity index (χ4v) is 0.873. The molecule has 0 rings (SSSR count). The van der Waals surface area contributed by atoms with Crippen molar-refractivity contribution < 1.29 is 9.84 Å². The molecule has 50 valence electrons. The Labute approximate surface area is 58.0 Å². The van der Waals surface area contributed by atoms with E-state index in [1.807, 2.05) is 0 Å². The standard InChI is InChI=1S/C5H11BrO2/c1-8-4-5(6)2-3-7/h5,7H,2-4H2,1H3. The summed E-state index contributed by atoms with van der Waals surface area (Å²) in [7, 11) is 1.64. The first-order valence-corrected chi connectivity index (χ1v) is 3.46. The van der Waals surface area contributed by atoms with Crippen LogP contribution in [0.25, 0.3) is 0 Å². The molecule has 0 aromatic rings. The van der Waals surface area contributed by atoms with Gasteiger partial charge in [0.05, 0.1) is 6.61 Å². The van der Waals surface area contributed by atoms with E-state index in [2.05, 4.69) is 15.9 Å². The van der Waals surface area contributed by atoms with Gasteiger partial charge in [-0.25, -0.2) is 0 Å². The Hall–Kier alpha value is 0.400. The van der Waals surface area contributed by atoms with Gasteiger partial charge in [-0.2, -0.15) is 0 Å². The van der Waals surface area contributed by atoms with E-state index in [0.29, 0.717) is 11.4 Å². The highest BCUT2D eigenvalue weighted by atomic mass is 79.9. The molecule has 2 nitrogen and oxygen atoms in total. The summed E-state index contributed by atoms with van der Waals surface area (Å²) in [4.78, 5) is 0.303. The van der Waals surface area contributed by atoms with Gasteiger partial charge in [0.2, 0.25) is 0 Å². The van der Waals surface area contributed by atoms with Crippen molar-refractivity contribution in [3.63, 3.8) is 0 Å². The van der Waals surface area contributed by atoms with Gasteiger partial charge in [-0.05, 0) is 6.42 Å². The second kappa shape index (κ2) is 5.54. The van der Waals surface area contributed by atoms with Crippen LogP contribution in [0.2, 0.25) is 0 Å². The van der Waals surface area contributed by atoms with E-state index < -0.39 is 0 Å². The number of ether oxygens (including phenoxy) is 1. The third-order valence-corrected chi connectivity index (χ3v) is 1.51. The molecule has 1 atom stereocenters.